The van der Waals surface area contributed by atoms with Crippen LogP contribution in [0, 0.1) is 5.41 Å². The van der Waals surface area contributed by atoms with E-state index in [-0.39, 0.29) is 17.2 Å². The molecule has 0 radical (unpaired) electrons. The SMILES string of the molecule is CCC(C)(C)CNC(=O)CC(C)c1ccc(N)cc1. The first kappa shape index (κ1) is 15.5. The van der Waals surface area contributed by atoms with Crippen molar-refractivity contribution in [2.75, 3.05) is 12.3 Å². The number of hydrogen-bond acceptors (Lipinski definition) is 2. The van der Waals surface area contributed by atoms with Crippen molar-refractivity contribution in [2.24, 2.45) is 5.41 Å². The Hall–Kier alpha value is -1.51. The van der Waals surface area contributed by atoms with Gasteiger partial charge in [0.25, 0.3) is 0 Å². The molecule has 0 aliphatic rings. The van der Waals surface area contributed by atoms with Crippen LogP contribution in [0.3, 0.4) is 0 Å². The third kappa shape index (κ3) is 5.33. The number of rotatable bonds is 6. The van der Waals surface area contributed by atoms with Gasteiger partial charge in [-0.3, -0.25) is 4.79 Å². The van der Waals surface area contributed by atoms with Gasteiger partial charge in [0.05, 0.1) is 0 Å². The highest BCUT2D eigenvalue weighted by molar-refractivity contribution is 5.76. The minimum Gasteiger partial charge on any atom is -0.399 e. The summed E-state index contributed by atoms with van der Waals surface area (Å²) >= 11 is 0. The van der Waals surface area contributed by atoms with E-state index in [1.807, 2.05) is 24.3 Å². The number of nitrogens with one attached hydrogen (secondary N) is 1. The van der Waals surface area contributed by atoms with Gasteiger partial charge >= 0.3 is 0 Å². The van der Waals surface area contributed by atoms with Gasteiger partial charge in [-0.15, -0.1) is 0 Å². The van der Waals surface area contributed by atoms with Gasteiger partial charge in [-0.05, 0) is 35.4 Å². The molecular weight excluding hydrogens is 236 g/mol. The van der Waals surface area contributed by atoms with Crippen molar-refractivity contribution in [3.63, 3.8) is 0 Å². The van der Waals surface area contributed by atoms with E-state index in [1.165, 1.54) is 0 Å². The predicted molar refractivity (Wildman–Crippen MR) is 81.0 cm³/mol. The van der Waals surface area contributed by atoms with Crippen LogP contribution < -0.4 is 11.1 Å². The number of hydrogen-bond donors (Lipinski definition) is 2. The number of benzene rings is 1. The second kappa shape index (κ2) is 6.60. The van der Waals surface area contributed by atoms with Crippen LogP contribution in [0.25, 0.3) is 0 Å². The van der Waals surface area contributed by atoms with Crippen molar-refractivity contribution < 1.29 is 4.79 Å². The molecule has 1 unspecified atom stereocenters. The van der Waals surface area contributed by atoms with Gasteiger partial charge in [-0.2, -0.15) is 0 Å². The third-order valence-corrected chi connectivity index (χ3v) is 3.72. The smallest absolute Gasteiger partial charge is 0.220 e. The fraction of sp³-hybridized carbons (Fsp3) is 0.562. The molecule has 3 N–H and O–H groups in total. The Balaban J connectivity index is 2.46. The van der Waals surface area contributed by atoms with E-state index in [2.05, 4.69) is 33.0 Å². The summed E-state index contributed by atoms with van der Waals surface area (Å²) in [6.07, 6.45) is 1.57. The molecule has 0 bridgehead atoms. The van der Waals surface area contributed by atoms with Crippen molar-refractivity contribution in [1.29, 1.82) is 0 Å². The maximum absolute atomic E-state index is 11.9. The lowest BCUT2D eigenvalue weighted by molar-refractivity contribution is -0.121. The molecule has 19 heavy (non-hydrogen) atoms. The number of carbonyl (C=O) groups is 1. The highest BCUT2D eigenvalue weighted by Crippen LogP contribution is 2.21. The molecule has 0 saturated heterocycles. The van der Waals surface area contributed by atoms with E-state index in [0.29, 0.717) is 6.42 Å². The van der Waals surface area contributed by atoms with Crippen LogP contribution >= 0.6 is 0 Å². The average molecular weight is 262 g/mol. The monoisotopic (exact) mass is 262 g/mol. The Bertz CT molecular complexity index is 409. The molecule has 0 spiro atoms. The van der Waals surface area contributed by atoms with Gasteiger partial charge in [0, 0.05) is 18.7 Å². The van der Waals surface area contributed by atoms with Crippen LogP contribution in [-0.4, -0.2) is 12.5 Å². The number of nitrogens with two attached hydrogens (primary N) is 1. The molecular formula is C16H26N2O. The first-order chi connectivity index (χ1) is 8.84. The lowest BCUT2D eigenvalue weighted by atomic mass is 9.90. The number of carbonyl (C=O) groups excluding carboxylic acids is 1. The normalized spacial score (nSPS) is 13.1. The highest BCUT2D eigenvalue weighted by Gasteiger charge is 2.17. The van der Waals surface area contributed by atoms with E-state index in [0.717, 1.165) is 24.2 Å². The Kier molecular flexibility index (Phi) is 5.40. The molecule has 0 aromatic heterocycles. The third-order valence-electron chi connectivity index (χ3n) is 3.72. The Labute approximate surface area is 116 Å². The minimum atomic E-state index is 0.117. The van der Waals surface area contributed by atoms with E-state index >= 15 is 0 Å². The second-order valence-corrected chi connectivity index (χ2v) is 6.07. The largest absolute Gasteiger partial charge is 0.399 e. The molecule has 1 aromatic rings. The predicted octanol–water partition coefficient (Wildman–Crippen LogP) is 3.31. The lowest BCUT2D eigenvalue weighted by Gasteiger charge is -2.23. The fourth-order valence-electron chi connectivity index (χ4n) is 1.76. The van der Waals surface area contributed by atoms with Gasteiger partial charge in [0.15, 0.2) is 0 Å². The zero-order valence-electron chi connectivity index (χ0n) is 12.5. The molecule has 0 heterocycles. The van der Waals surface area contributed by atoms with Gasteiger partial charge in [0.1, 0.15) is 0 Å². The van der Waals surface area contributed by atoms with Crippen molar-refractivity contribution >= 4 is 11.6 Å². The molecule has 3 nitrogen and oxygen atoms in total. The topological polar surface area (TPSA) is 55.1 Å². The maximum Gasteiger partial charge on any atom is 0.220 e. The highest BCUT2D eigenvalue weighted by atomic mass is 16.1. The van der Waals surface area contributed by atoms with Crippen LogP contribution in [0.1, 0.15) is 52.0 Å². The lowest BCUT2D eigenvalue weighted by Crippen LogP contribution is -2.34. The van der Waals surface area contributed by atoms with E-state index in [9.17, 15) is 4.79 Å². The Morgan fingerprint density at radius 1 is 1.32 bits per heavy atom. The number of anilines is 1. The van der Waals surface area contributed by atoms with Crippen molar-refractivity contribution in [3.8, 4) is 0 Å². The zero-order chi connectivity index (χ0) is 14.5. The molecule has 0 fully saturated rings. The van der Waals surface area contributed by atoms with Gasteiger partial charge in [-0.1, -0.05) is 39.8 Å². The zero-order valence-corrected chi connectivity index (χ0v) is 12.5. The minimum absolute atomic E-state index is 0.117. The molecule has 1 atom stereocenters. The molecule has 0 saturated carbocycles. The van der Waals surface area contributed by atoms with Crippen LogP contribution in [0.15, 0.2) is 24.3 Å². The fourth-order valence-corrected chi connectivity index (χ4v) is 1.76. The van der Waals surface area contributed by atoms with Gasteiger partial charge in [0.2, 0.25) is 5.91 Å². The molecule has 0 aliphatic heterocycles. The quantitative estimate of drug-likeness (QED) is 0.773. The summed E-state index contributed by atoms with van der Waals surface area (Å²) in [6, 6.07) is 7.74. The second-order valence-electron chi connectivity index (χ2n) is 6.07. The maximum atomic E-state index is 11.9. The summed E-state index contributed by atoms with van der Waals surface area (Å²) in [5.74, 6) is 0.330. The summed E-state index contributed by atoms with van der Waals surface area (Å²) in [6.45, 7) is 9.27. The van der Waals surface area contributed by atoms with Crippen molar-refractivity contribution in [2.45, 2.75) is 46.5 Å². The summed E-state index contributed by atoms with van der Waals surface area (Å²) in [5.41, 5.74) is 7.73. The molecule has 1 rings (SSSR count). The molecule has 0 aliphatic carbocycles. The summed E-state index contributed by atoms with van der Waals surface area (Å²) in [5, 5.41) is 3.02. The summed E-state index contributed by atoms with van der Waals surface area (Å²) in [7, 11) is 0. The standard InChI is InChI=1S/C16H26N2O/c1-5-16(3,4)11-18-15(19)10-12(2)13-6-8-14(17)9-7-13/h6-9,12H,5,10-11,17H2,1-4H3,(H,18,19). The van der Waals surface area contributed by atoms with Crippen LogP contribution in [0.2, 0.25) is 0 Å². The average Bonchev–Trinajstić information content (AvgIpc) is 2.37. The van der Waals surface area contributed by atoms with Crippen molar-refractivity contribution in [3.05, 3.63) is 29.8 Å². The molecule has 1 aromatic carbocycles. The summed E-state index contributed by atoms with van der Waals surface area (Å²) in [4.78, 5) is 11.9. The van der Waals surface area contributed by atoms with Crippen LogP contribution in [0.5, 0.6) is 0 Å². The molecule has 3 heteroatoms. The van der Waals surface area contributed by atoms with Gasteiger partial charge < -0.3 is 11.1 Å². The molecule has 1 amide bonds. The Morgan fingerprint density at radius 3 is 2.42 bits per heavy atom. The van der Waals surface area contributed by atoms with E-state index in [1.54, 1.807) is 0 Å². The first-order valence-corrected chi connectivity index (χ1v) is 6.96. The Morgan fingerprint density at radius 2 is 1.89 bits per heavy atom. The van der Waals surface area contributed by atoms with Crippen LogP contribution in [0.4, 0.5) is 5.69 Å². The number of amides is 1. The summed E-state index contributed by atoms with van der Waals surface area (Å²) < 4.78 is 0. The first-order valence-electron chi connectivity index (χ1n) is 6.96. The van der Waals surface area contributed by atoms with E-state index < -0.39 is 0 Å². The van der Waals surface area contributed by atoms with Crippen LogP contribution in [-0.2, 0) is 4.79 Å². The number of nitrogen functional groups attached to an aromatic ring is 1. The van der Waals surface area contributed by atoms with Crippen molar-refractivity contribution in [1.82, 2.24) is 5.32 Å². The van der Waals surface area contributed by atoms with Gasteiger partial charge in [-0.25, -0.2) is 0 Å². The van der Waals surface area contributed by atoms with E-state index in [4.69, 9.17) is 5.73 Å². The molecule has 106 valence electrons.